The van der Waals surface area contributed by atoms with Gasteiger partial charge in [0.25, 0.3) is 0 Å². The number of alkyl halides is 6. The molecule has 1 N–H and O–H groups in total. The van der Waals surface area contributed by atoms with Crippen LogP contribution in [0.3, 0.4) is 0 Å². The monoisotopic (exact) mass is 583 g/mol. The molecule has 216 valence electrons. The van der Waals surface area contributed by atoms with Crippen molar-refractivity contribution in [3.63, 3.8) is 0 Å². The van der Waals surface area contributed by atoms with Crippen molar-refractivity contribution < 1.29 is 45.1 Å². The number of hydrogen-bond donors (Lipinski definition) is 1. The lowest BCUT2D eigenvalue weighted by atomic mass is 10.1. The van der Waals surface area contributed by atoms with Gasteiger partial charge in [-0.3, -0.25) is 14.9 Å². The molecule has 0 saturated carbocycles. The zero-order chi connectivity index (χ0) is 30.1. The molecule has 41 heavy (non-hydrogen) atoms. The number of carbonyl (C=O) groups excluding carboxylic acids is 2. The number of ether oxygens (including phenoxy) is 1. The quantitative estimate of drug-likeness (QED) is 0.310. The Kier molecular flexibility index (Phi) is 7.87. The number of hydrogen-bond acceptors (Lipinski definition) is 4. The normalized spacial score (nSPS) is 13.7. The highest BCUT2D eigenvalue weighted by Crippen LogP contribution is 2.47. The van der Waals surface area contributed by atoms with E-state index in [2.05, 4.69) is 22.0 Å². The van der Waals surface area contributed by atoms with Crippen molar-refractivity contribution in [2.75, 3.05) is 36.5 Å². The van der Waals surface area contributed by atoms with E-state index in [1.807, 2.05) is 0 Å². The molecule has 0 bridgehead atoms. The molecule has 1 saturated heterocycles. The highest BCUT2D eigenvalue weighted by molar-refractivity contribution is 5.98. The lowest BCUT2D eigenvalue weighted by molar-refractivity contribution is -0.143. The van der Waals surface area contributed by atoms with Crippen LogP contribution in [0.4, 0.5) is 51.7 Å². The molecule has 3 aromatic rings. The number of urea groups is 1. The van der Waals surface area contributed by atoms with Crippen LogP contribution in [-0.2, 0) is 12.4 Å². The molecule has 1 fully saturated rings. The average molecular weight is 583 g/mol. The summed E-state index contributed by atoms with van der Waals surface area (Å²) < 4.78 is 101. The van der Waals surface area contributed by atoms with E-state index in [9.17, 15) is 40.3 Å². The summed E-state index contributed by atoms with van der Waals surface area (Å²) in [6, 6.07) is 5.05. The number of aromatic amines is 1. The molecule has 0 radical (unpaired) electrons. The topological polar surface area (TPSA) is 81.8 Å². The molecule has 0 spiro atoms. The van der Waals surface area contributed by atoms with Gasteiger partial charge in [0.05, 0.1) is 17.8 Å². The van der Waals surface area contributed by atoms with Crippen molar-refractivity contribution in [3.8, 4) is 17.6 Å². The van der Waals surface area contributed by atoms with Crippen molar-refractivity contribution in [2.45, 2.75) is 19.3 Å². The third-order valence-electron chi connectivity index (χ3n) is 5.96. The summed E-state index contributed by atoms with van der Waals surface area (Å²) in [6.07, 6.45) is -12.1. The number of amides is 3. The first kappa shape index (κ1) is 29.2. The van der Waals surface area contributed by atoms with Crippen LogP contribution in [0.5, 0.6) is 5.75 Å². The summed E-state index contributed by atoms with van der Waals surface area (Å²) in [5, 5.41) is 6.58. The Morgan fingerprint density at radius 2 is 1.76 bits per heavy atom. The van der Waals surface area contributed by atoms with Gasteiger partial charge in [-0.25, -0.2) is 14.0 Å². The number of benzene rings is 2. The van der Waals surface area contributed by atoms with Crippen molar-refractivity contribution >= 4 is 23.5 Å². The van der Waals surface area contributed by atoms with E-state index < -0.39 is 52.9 Å². The van der Waals surface area contributed by atoms with Crippen LogP contribution in [0.15, 0.2) is 42.5 Å². The fourth-order valence-corrected chi connectivity index (χ4v) is 3.88. The SMILES string of the molecule is Cc1cc(C#CCN2CCN(c3cc(C(F)(F)F)cc(C(F)(F)F)c3OC(=O)N(C)c3ccc(F)cc3)C2=O)n[nH]1. The Bertz CT molecular complexity index is 1520. The highest BCUT2D eigenvalue weighted by atomic mass is 19.4. The molecular formula is C26H20F7N5O3. The third kappa shape index (κ3) is 6.53. The second-order valence-corrected chi connectivity index (χ2v) is 8.86. The van der Waals surface area contributed by atoms with Crippen LogP contribution >= 0.6 is 0 Å². The molecule has 0 unspecified atom stereocenters. The Labute approximate surface area is 228 Å². The predicted octanol–water partition coefficient (Wildman–Crippen LogP) is 5.82. The molecule has 1 aliphatic rings. The van der Waals surface area contributed by atoms with Crippen LogP contribution in [0.2, 0.25) is 0 Å². The summed E-state index contributed by atoms with van der Waals surface area (Å²) >= 11 is 0. The molecule has 0 atom stereocenters. The number of halogens is 7. The number of aryl methyl sites for hydroxylation is 1. The molecule has 1 aliphatic heterocycles. The predicted molar refractivity (Wildman–Crippen MR) is 132 cm³/mol. The van der Waals surface area contributed by atoms with Gasteiger partial charge in [0.15, 0.2) is 5.75 Å². The summed E-state index contributed by atoms with van der Waals surface area (Å²) in [6.45, 7) is 1.13. The fraction of sp³-hybridized carbons (Fsp3) is 0.269. The first-order valence-electron chi connectivity index (χ1n) is 11.8. The largest absolute Gasteiger partial charge is 0.420 e. The van der Waals surface area contributed by atoms with Crippen molar-refractivity contribution in [2.24, 2.45) is 0 Å². The van der Waals surface area contributed by atoms with Crippen LogP contribution in [0, 0.1) is 24.6 Å². The van der Waals surface area contributed by atoms with Crippen LogP contribution in [0.25, 0.3) is 0 Å². The Morgan fingerprint density at radius 3 is 2.34 bits per heavy atom. The van der Waals surface area contributed by atoms with Crippen molar-refractivity contribution in [1.29, 1.82) is 0 Å². The molecule has 8 nitrogen and oxygen atoms in total. The van der Waals surface area contributed by atoms with E-state index in [0.717, 1.165) is 46.8 Å². The van der Waals surface area contributed by atoms with Crippen LogP contribution < -0.4 is 14.5 Å². The minimum Gasteiger partial charge on any atom is -0.407 e. The van der Waals surface area contributed by atoms with Gasteiger partial charge in [0.2, 0.25) is 0 Å². The maximum atomic E-state index is 14.1. The molecule has 15 heteroatoms. The van der Waals surface area contributed by atoms with Gasteiger partial charge in [-0.05, 0) is 55.3 Å². The number of anilines is 2. The molecule has 3 amide bonds. The molecule has 2 heterocycles. The van der Waals surface area contributed by atoms with Crippen molar-refractivity contribution in [3.05, 3.63) is 70.8 Å². The minimum atomic E-state index is -5.41. The van der Waals surface area contributed by atoms with E-state index in [1.165, 1.54) is 0 Å². The first-order chi connectivity index (χ1) is 19.1. The second-order valence-electron chi connectivity index (χ2n) is 8.86. The van der Waals surface area contributed by atoms with Gasteiger partial charge in [-0.2, -0.15) is 31.4 Å². The molecule has 0 aliphatic carbocycles. The number of H-pyrrole nitrogens is 1. The Balaban J connectivity index is 1.72. The number of aromatic nitrogens is 2. The zero-order valence-corrected chi connectivity index (χ0v) is 21.3. The fourth-order valence-electron chi connectivity index (χ4n) is 3.88. The number of nitrogens with zero attached hydrogens (tertiary/aromatic N) is 4. The smallest absolute Gasteiger partial charge is 0.407 e. The number of carbonyl (C=O) groups is 2. The number of rotatable bonds is 4. The van der Waals surface area contributed by atoms with Crippen LogP contribution in [0.1, 0.15) is 22.5 Å². The summed E-state index contributed by atoms with van der Waals surface area (Å²) in [5.41, 5.74) is -3.40. The minimum absolute atomic E-state index is 0.0209. The zero-order valence-electron chi connectivity index (χ0n) is 21.3. The lowest BCUT2D eigenvalue weighted by Crippen LogP contribution is -2.34. The maximum absolute atomic E-state index is 14.1. The summed E-state index contributed by atoms with van der Waals surface area (Å²) in [7, 11) is 1.11. The average Bonchev–Trinajstić information content (AvgIpc) is 3.47. The van der Waals surface area contributed by atoms with Gasteiger partial charge >= 0.3 is 24.5 Å². The summed E-state index contributed by atoms with van der Waals surface area (Å²) in [4.78, 5) is 28.4. The van der Waals surface area contributed by atoms with Gasteiger partial charge in [-0.15, -0.1) is 0 Å². The van der Waals surface area contributed by atoms with E-state index >= 15 is 0 Å². The third-order valence-corrected chi connectivity index (χ3v) is 5.96. The van der Waals surface area contributed by atoms with Gasteiger partial charge < -0.3 is 9.64 Å². The molecule has 1 aromatic heterocycles. The Morgan fingerprint density at radius 1 is 1.07 bits per heavy atom. The van der Waals surface area contributed by atoms with Gasteiger partial charge in [0, 0.05) is 31.5 Å². The highest BCUT2D eigenvalue weighted by Gasteiger charge is 2.44. The first-order valence-corrected chi connectivity index (χ1v) is 11.8. The molecule has 2 aromatic carbocycles. The lowest BCUT2D eigenvalue weighted by Gasteiger charge is -2.25. The maximum Gasteiger partial charge on any atom is 0.420 e. The number of nitrogens with one attached hydrogen (secondary N) is 1. The molecular weight excluding hydrogens is 563 g/mol. The van der Waals surface area contributed by atoms with E-state index in [1.54, 1.807) is 13.0 Å². The second kappa shape index (κ2) is 11.0. The Hall–Kier alpha value is -4.74. The van der Waals surface area contributed by atoms with Gasteiger partial charge in [0.1, 0.15) is 17.1 Å². The molecule has 4 rings (SSSR count). The standard InChI is InChI=1S/C26H20F7N5O3/c1-15-12-18(35-34-15)4-3-9-37-10-11-38(23(37)39)21-14-16(25(28,29)30)13-20(26(31,32)33)22(21)41-24(40)36(2)19-7-5-17(27)6-8-19/h5-8,12-14H,9-11H2,1-2H3,(H,34,35). The van der Waals surface area contributed by atoms with Crippen molar-refractivity contribution in [1.82, 2.24) is 15.1 Å². The van der Waals surface area contributed by atoms with E-state index in [-0.39, 0.29) is 31.4 Å². The van der Waals surface area contributed by atoms with Crippen LogP contribution in [-0.4, -0.2) is 53.9 Å². The van der Waals surface area contributed by atoms with Gasteiger partial charge in [-0.1, -0.05) is 5.92 Å². The van der Waals surface area contributed by atoms with E-state index in [0.29, 0.717) is 16.7 Å². The van der Waals surface area contributed by atoms with E-state index in [4.69, 9.17) is 4.74 Å². The summed E-state index contributed by atoms with van der Waals surface area (Å²) in [5.74, 6) is 3.43.